The zero-order chi connectivity index (χ0) is 35.3. The maximum atomic E-state index is 15.1. The van der Waals surface area contributed by atoms with Gasteiger partial charge in [-0.1, -0.05) is 24.3 Å². The first-order valence-corrected chi connectivity index (χ1v) is 17.4. The third-order valence-corrected chi connectivity index (χ3v) is 10.00. The van der Waals surface area contributed by atoms with E-state index >= 15 is 4.79 Å². The molecule has 1 saturated heterocycles. The first-order valence-electron chi connectivity index (χ1n) is 17.4. The first-order chi connectivity index (χ1) is 25.5. The maximum Gasteiger partial charge on any atom is 0.292 e. The fraction of sp³-hybridized carbons (Fsp3) is 0.256. The number of nitro groups is 1. The molecule has 2 fully saturated rings. The van der Waals surface area contributed by atoms with Crippen molar-refractivity contribution in [2.45, 2.75) is 50.8 Å². The average molecular weight is 695 g/mol. The largest absolute Gasteiger partial charge is 0.497 e. The van der Waals surface area contributed by atoms with Crippen molar-refractivity contribution in [3.8, 4) is 34.0 Å². The van der Waals surface area contributed by atoms with Crippen molar-refractivity contribution in [1.82, 2.24) is 34.1 Å². The molecule has 5 heterocycles. The van der Waals surface area contributed by atoms with Crippen LogP contribution in [0.15, 0.2) is 96.3 Å². The van der Waals surface area contributed by atoms with Crippen molar-refractivity contribution in [3.05, 3.63) is 123 Å². The molecule has 1 aliphatic carbocycles. The number of nitrogens with zero attached hydrogens (tertiary/aromatic N) is 8. The maximum absolute atomic E-state index is 15.1. The standard InChI is InChI=1S/C39H34N8O5/c1-51-27-14-10-24(11-15-27)23-44-38(26-6-5-17-40-21-26)42-36-33(45-18-16-31(43-45)25-12-13-25)20-29(37(47(49)50)35(36)39(44)48)28-7-4-8-32-30(28)22-41-46(32)34-9-2-3-19-52-34/h4-8,10-11,14-18,20-22,25,34H,2-3,9,12-13,19,23H2,1H3. The molecule has 0 N–H and O–H groups in total. The van der Waals surface area contributed by atoms with Crippen LogP contribution < -0.4 is 10.3 Å². The van der Waals surface area contributed by atoms with Gasteiger partial charge in [-0.25, -0.2) is 14.3 Å². The average Bonchev–Trinajstić information content (AvgIpc) is 3.75. The molecular weight excluding hydrogens is 660 g/mol. The molecule has 1 unspecified atom stereocenters. The van der Waals surface area contributed by atoms with Gasteiger partial charge in [0, 0.05) is 42.1 Å². The highest BCUT2D eigenvalue weighted by Crippen LogP contribution is 2.43. The molecule has 9 rings (SSSR count). The summed E-state index contributed by atoms with van der Waals surface area (Å²) in [4.78, 5) is 37.3. The molecule has 0 spiro atoms. The zero-order valence-corrected chi connectivity index (χ0v) is 28.4. The molecule has 13 heteroatoms. The minimum atomic E-state index is -0.553. The van der Waals surface area contributed by atoms with E-state index in [0.29, 0.717) is 46.3 Å². The molecule has 0 radical (unpaired) electrons. The number of pyridine rings is 1. The van der Waals surface area contributed by atoms with Crippen LogP contribution in [0.5, 0.6) is 5.75 Å². The van der Waals surface area contributed by atoms with Crippen LogP contribution in [0, 0.1) is 10.1 Å². The van der Waals surface area contributed by atoms with Gasteiger partial charge in [0.2, 0.25) is 0 Å². The van der Waals surface area contributed by atoms with Crippen molar-refractivity contribution in [2.75, 3.05) is 13.7 Å². The Kier molecular flexibility index (Phi) is 7.84. The van der Waals surface area contributed by atoms with Crippen LogP contribution in [-0.2, 0) is 11.3 Å². The molecule has 3 aromatic carbocycles. The molecule has 52 heavy (non-hydrogen) atoms. The lowest BCUT2D eigenvalue weighted by molar-refractivity contribution is -0.382. The normalized spacial score (nSPS) is 16.1. The smallest absolute Gasteiger partial charge is 0.292 e. The highest BCUT2D eigenvalue weighted by molar-refractivity contribution is 6.06. The van der Waals surface area contributed by atoms with Crippen molar-refractivity contribution in [2.24, 2.45) is 0 Å². The van der Waals surface area contributed by atoms with Crippen molar-refractivity contribution >= 4 is 27.5 Å². The highest BCUT2D eigenvalue weighted by atomic mass is 16.6. The van der Waals surface area contributed by atoms with Gasteiger partial charge >= 0.3 is 0 Å². The molecule has 13 nitrogen and oxygen atoms in total. The van der Waals surface area contributed by atoms with Crippen molar-refractivity contribution in [3.63, 3.8) is 0 Å². The third-order valence-electron chi connectivity index (χ3n) is 10.00. The van der Waals surface area contributed by atoms with Crippen LogP contribution in [0.2, 0.25) is 0 Å². The van der Waals surface area contributed by atoms with Crippen LogP contribution >= 0.6 is 0 Å². The fourth-order valence-electron chi connectivity index (χ4n) is 7.23. The van der Waals surface area contributed by atoms with Crippen LogP contribution in [0.4, 0.5) is 5.69 Å². The van der Waals surface area contributed by atoms with E-state index in [1.807, 2.05) is 65.5 Å². The van der Waals surface area contributed by atoms with Gasteiger partial charge in [-0.05, 0) is 85.7 Å². The number of ether oxygens (including phenoxy) is 2. The van der Waals surface area contributed by atoms with E-state index in [4.69, 9.17) is 24.7 Å². The second-order valence-corrected chi connectivity index (χ2v) is 13.3. The Bertz CT molecular complexity index is 2530. The number of fused-ring (bicyclic) bond motifs is 2. The molecular formula is C39H34N8O5. The summed E-state index contributed by atoms with van der Waals surface area (Å²) in [6, 6.07) is 20.3. The van der Waals surface area contributed by atoms with E-state index in [0.717, 1.165) is 48.9 Å². The van der Waals surface area contributed by atoms with Crippen LogP contribution in [-0.4, -0.2) is 52.7 Å². The molecule has 0 amide bonds. The molecule has 1 saturated carbocycles. The summed E-state index contributed by atoms with van der Waals surface area (Å²) in [5.41, 5.74) is 3.70. The summed E-state index contributed by atoms with van der Waals surface area (Å²) in [6.45, 7) is 0.749. The van der Waals surface area contributed by atoms with Crippen molar-refractivity contribution in [1.29, 1.82) is 0 Å². The van der Waals surface area contributed by atoms with Gasteiger partial charge in [-0.15, -0.1) is 0 Å². The van der Waals surface area contributed by atoms with Crippen LogP contribution in [0.25, 0.3) is 50.0 Å². The molecule has 7 aromatic rings. The summed E-state index contributed by atoms with van der Waals surface area (Å²) in [5, 5.41) is 23.5. The van der Waals surface area contributed by atoms with E-state index in [9.17, 15) is 10.1 Å². The predicted octanol–water partition coefficient (Wildman–Crippen LogP) is 7.20. The Balaban J connectivity index is 1.35. The Hall–Kier alpha value is -6.21. The minimum Gasteiger partial charge on any atom is -0.497 e. The van der Waals surface area contributed by atoms with Crippen LogP contribution in [0.1, 0.15) is 55.5 Å². The highest BCUT2D eigenvalue weighted by Gasteiger charge is 2.32. The molecule has 1 atom stereocenters. The molecule has 260 valence electrons. The Morgan fingerprint density at radius 1 is 1.00 bits per heavy atom. The number of hydrogen-bond donors (Lipinski definition) is 0. The summed E-state index contributed by atoms with van der Waals surface area (Å²) in [7, 11) is 1.59. The van der Waals surface area contributed by atoms with E-state index in [-0.39, 0.29) is 34.9 Å². The van der Waals surface area contributed by atoms with Gasteiger partial charge in [-0.2, -0.15) is 10.2 Å². The minimum absolute atomic E-state index is 0.101. The van der Waals surface area contributed by atoms with E-state index < -0.39 is 10.5 Å². The quantitative estimate of drug-likeness (QED) is 0.113. The molecule has 2 aliphatic rings. The van der Waals surface area contributed by atoms with E-state index in [1.165, 1.54) is 4.57 Å². The number of methoxy groups -OCH3 is 1. The zero-order valence-electron chi connectivity index (χ0n) is 28.4. The van der Waals surface area contributed by atoms with Gasteiger partial charge in [0.1, 0.15) is 22.5 Å². The lowest BCUT2D eigenvalue weighted by Crippen LogP contribution is -2.25. The van der Waals surface area contributed by atoms with Crippen molar-refractivity contribution < 1.29 is 14.4 Å². The lowest BCUT2D eigenvalue weighted by atomic mass is 9.96. The predicted molar refractivity (Wildman–Crippen MR) is 195 cm³/mol. The fourth-order valence-corrected chi connectivity index (χ4v) is 7.23. The number of hydrogen-bond acceptors (Lipinski definition) is 9. The number of benzene rings is 3. The third kappa shape index (κ3) is 5.50. The summed E-state index contributed by atoms with van der Waals surface area (Å²) in [5.74, 6) is 1.37. The number of rotatable bonds is 9. The first kappa shape index (κ1) is 31.7. The molecule has 1 aliphatic heterocycles. The SMILES string of the molecule is COc1ccc(Cn2c(-c3cccnc3)nc3c(-n4ccc(C5CC5)n4)cc(-c4cccc5c4cnn5C4CCCCO4)c([N+](=O)[O-])c3c2=O)cc1. The second kappa shape index (κ2) is 12.8. The monoisotopic (exact) mass is 694 g/mol. The van der Waals surface area contributed by atoms with Gasteiger partial charge in [-0.3, -0.25) is 24.5 Å². The Morgan fingerprint density at radius 2 is 1.87 bits per heavy atom. The summed E-state index contributed by atoms with van der Waals surface area (Å²) in [6.07, 6.45) is 11.6. The van der Waals surface area contributed by atoms with Gasteiger partial charge < -0.3 is 9.47 Å². The topological polar surface area (TPSA) is 145 Å². The summed E-state index contributed by atoms with van der Waals surface area (Å²) < 4.78 is 16.4. The number of nitro benzene ring substituents is 1. The molecule has 4 aromatic heterocycles. The van der Waals surface area contributed by atoms with Gasteiger partial charge in [0.15, 0.2) is 6.23 Å². The van der Waals surface area contributed by atoms with E-state index in [1.54, 1.807) is 42.5 Å². The van der Waals surface area contributed by atoms with Crippen LogP contribution in [0.3, 0.4) is 0 Å². The number of aromatic nitrogens is 7. The van der Waals surface area contributed by atoms with Gasteiger partial charge in [0.25, 0.3) is 11.2 Å². The lowest BCUT2D eigenvalue weighted by Gasteiger charge is -2.23. The Morgan fingerprint density at radius 3 is 2.60 bits per heavy atom. The van der Waals surface area contributed by atoms with E-state index in [2.05, 4.69) is 4.98 Å². The molecule has 0 bridgehead atoms. The Labute approximate surface area is 297 Å². The second-order valence-electron chi connectivity index (χ2n) is 13.3. The summed E-state index contributed by atoms with van der Waals surface area (Å²) >= 11 is 0. The van der Waals surface area contributed by atoms with Gasteiger partial charge in [0.05, 0.1) is 47.2 Å².